The molecule has 100 valence electrons. The van der Waals surface area contributed by atoms with E-state index in [1.165, 1.54) is 31.7 Å². The summed E-state index contributed by atoms with van der Waals surface area (Å²) in [5.74, 6) is 0.232. The van der Waals surface area contributed by atoms with Crippen molar-refractivity contribution in [2.75, 3.05) is 13.6 Å². The second kappa shape index (κ2) is 6.28. The molecule has 1 aromatic rings. The van der Waals surface area contributed by atoms with Crippen LogP contribution < -0.4 is 5.32 Å². The van der Waals surface area contributed by atoms with Crippen LogP contribution in [0, 0.1) is 23.5 Å². The molecule has 1 saturated carbocycles. The smallest absolute Gasteiger partial charge is 0.129 e. The van der Waals surface area contributed by atoms with Gasteiger partial charge in [-0.1, -0.05) is 31.7 Å². The molecule has 0 radical (unpaired) electrons. The van der Waals surface area contributed by atoms with Crippen molar-refractivity contribution in [3.05, 3.63) is 35.4 Å². The Labute approximate surface area is 108 Å². The van der Waals surface area contributed by atoms with E-state index in [1.54, 1.807) is 6.07 Å². The fraction of sp³-hybridized carbons (Fsp3) is 0.600. The largest absolute Gasteiger partial charge is 0.319 e. The number of benzene rings is 1. The molecule has 18 heavy (non-hydrogen) atoms. The first kappa shape index (κ1) is 13.5. The van der Waals surface area contributed by atoms with Crippen LogP contribution in [0.3, 0.4) is 0 Å². The monoisotopic (exact) mass is 253 g/mol. The van der Waals surface area contributed by atoms with Gasteiger partial charge in [-0.3, -0.25) is 0 Å². The molecule has 0 bridgehead atoms. The van der Waals surface area contributed by atoms with Crippen molar-refractivity contribution >= 4 is 0 Å². The second-order valence-corrected chi connectivity index (χ2v) is 5.30. The normalized spacial score (nSPS) is 18.2. The lowest BCUT2D eigenvalue weighted by Gasteiger charge is -2.23. The fourth-order valence-corrected chi connectivity index (χ4v) is 3.07. The zero-order chi connectivity index (χ0) is 13.0. The summed E-state index contributed by atoms with van der Waals surface area (Å²) in [7, 11) is 1.93. The van der Waals surface area contributed by atoms with Crippen molar-refractivity contribution in [3.8, 4) is 0 Å². The molecule has 1 unspecified atom stereocenters. The van der Waals surface area contributed by atoms with Crippen LogP contribution in [0.15, 0.2) is 18.2 Å². The molecule has 1 nitrogen and oxygen atoms in total. The van der Waals surface area contributed by atoms with E-state index in [0.29, 0.717) is 23.8 Å². The van der Waals surface area contributed by atoms with E-state index in [1.807, 2.05) is 7.05 Å². The third kappa shape index (κ3) is 3.29. The Morgan fingerprint density at radius 1 is 1.28 bits per heavy atom. The van der Waals surface area contributed by atoms with Gasteiger partial charge in [-0.25, -0.2) is 8.78 Å². The number of hydrogen-bond acceptors (Lipinski definition) is 1. The van der Waals surface area contributed by atoms with E-state index >= 15 is 0 Å². The van der Waals surface area contributed by atoms with Gasteiger partial charge in [0.15, 0.2) is 0 Å². The van der Waals surface area contributed by atoms with Gasteiger partial charge in [0.1, 0.15) is 11.6 Å². The minimum absolute atomic E-state index is 0.408. The molecule has 1 aromatic carbocycles. The van der Waals surface area contributed by atoms with E-state index < -0.39 is 11.6 Å². The first-order chi connectivity index (χ1) is 8.70. The Hall–Kier alpha value is -0.960. The van der Waals surface area contributed by atoms with Gasteiger partial charge >= 0.3 is 0 Å². The van der Waals surface area contributed by atoms with Gasteiger partial charge in [0.25, 0.3) is 0 Å². The van der Waals surface area contributed by atoms with Crippen LogP contribution in [0.2, 0.25) is 0 Å². The van der Waals surface area contributed by atoms with Crippen molar-refractivity contribution in [1.82, 2.24) is 5.32 Å². The molecule has 3 heteroatoms. The van der Waals surface area contributed by atoms with Crippen LogP contribution in [0.25, 0.3) is 0 Å². The van der Waals surface area contributed by atoms with Crippen LogP contribution in [0.5, 0.6) is 0 Å². The molecule has 0 aromatic heterocycles. The van der Waals surface area contributed by atoms with Gasteiger partial charge in [-0.2, -0.15) is 0 Å². The van der Waals surface area contributed by atoms with Crippen LogP contribution in [-0.2, 0) is 6.42 Å². The number of hydrogen-bond donors (Lipinski definition) is 1. The molecule has 1 aliphatic carbocycles. The summed E-state index contributed by atoms with van der Waals surface area (Å²) in [6.07, 6.45) is 5.77. The minimum Gasteiger partial charge on any atom is -0.319 e. The maximum absolute atomic E-state index is 13.7. The standard InChI is InChI=1S/C15H21F2N/c1-18-10-13(11-4-2-3-5-11)8-12-6-7-14(16)9-15(12)17/h6-7,9,11,13,18H,2-5,8,10H2,1H3. The highest BCUT2D eigenvalue weighted by molar-refractivity contribution is 5.19. The Kier molecular flexibility index (Phi) is 4.70. The topological polar surface area (TPSA) is 12.0 Å². The van der Waals surface area contributed by atoms with Crippen LogP contribution in [0.4, 0.5) is 8.78 Å². The Morgan fingerprint density at radius 3 is 2.61 bits per heavy atom. The van der Waals surface area contributed by atoms with Crippen LogP contribution >= 0.6 is 0 Å². The molecule has 1 N–H and O–H groups in total. The van der Waals surface area contributed by atoms with Gasteiger partial charge in [0.05, 0.1) is 0 Å². The summed E-state index contributed by atoms with van der Waals surface area (Å²) in [5, 5.41) is 3.20. The lowest BCUT2D eigenvalue weighted by atomic mass is 9.85. The molecule has 1 fully saturated rings. The number of halogens is 2. The predicted octanol–water partition coefficient (Wildman–Crippen LogP) is 3.53. The molecule has 1 aliphatic rings. The fourth-order valence-electron chi connectivity index (χ4n) is 3.07. The summed E-state index contributed by atoms with van der Waals surface area (Å²) in [6.45, 7) is 0.904. The predicted molar refractivity (Wildman–Crippen MR) is 69.4 cm³/mol. The Bertz CT molecular complexity index is 386. The summed E-state index contributed by atoms with van der Waals surface area (Å²) in [5.41, 5.74) is 0.642. The average molecular weight is 253 g/mol. The zero-order valence-corrected chi connectivity index (χ0v) is 10.9. The maximum atomic E-state index is 13.7. The molecule has 0 aliphatic heterocycles. The van der Waals surface area contributed by atoms with Crippen LogP contribution in [-0.4, -0.2) is 13.6 Å². The third-order valence-electron chi connectivity index (χ3n) is 4.03. The first-order valence-corrected chi connectivity index (χ1v) is 6.79. The summed E-state index contributed by atoms with van der Waals surface area (Å²) in [4.78, 5) is 0. The third-order valence-corrected chi connectivity index (χ3v) is 4.03. The number of rotatable bonds is 5. The molecule has 2 rings (SSSR count). The first-order valence-electron chi connectivity index (χ1n) is 6.79. The van der Waals surface area contributed by atoms with Gasteiger partial charge in [0, 0.05) is 6.07 Å². The average Bonchev–Trinajstić information content (AvgIpc) is 2.85. The summed E-state index contributed by atoms with van der Waals surface area (Å²) in [6, 6.07) is 3.92. The van der Waals surface area contributed by atoms with E-state index in [9.17, 15) is 8.78 Å². The van der Waals surface area contributed by atoms with E-state index in [2.05, 4.69) is 5.32 Å². The molecule has 0 heterocycles. The van der Waals surface area contributed by atoms with Gasteiger partial charge < -0.3 is 5.32 Å². The van der Waals surface area contributed by atoms with E-state index in [0.717, 1.165) is 12.6 Å². The lowest BCUT2D eigenvalue weighted by Crippen LogP contribution is -2.27. The van der Waals surface area contributed by atoms with Crippen LogP contribution in [0.1, 0.15) is 31.2 Å². The van der Waals surface area contributed by atoms with Crippen molar-refractivity contribution < 1.29 is 8.78 Å². The SMILES string of the molecule is CNCC(Cc1ccc(F)cc1F)C1CCCC1. The van der Waals surface area contributed by atoms with Gasteiger partial charge in [-0.05, 0) is 43.5 Å². The Balaban J connectivity index is 2.07. The minimum atomic E-state index is -0.498. The molecular weight excluding hydrogens is 232 g/mol. The zero-order valence-electron chi connectivity index (χ0n) is 10.9. The molecule has 0 amide bonds. The molecule has 1 atom stereocenters. The summed E-state index contributed by atoms with van der Waals surface area (Å²) >= 11 is 0. The molecule has 0 saturated heterocycles. The number of nitrogens with one attached hydrogen (secondary N) is 1. The highest BCUT2D eigenvalue weighted by Crippen LogP contribution is 2.33. The van der Waals surface area contributed by atoms with Crippen molar-refractivity contribution in [2.45, 2.75) is 32.1 Å². The molecular formula is C15H21F2N. The van der Waals surface area contributed by atoms with E-state index in [4.69, 9.17) is 0 Å². The highest BCUT2D eigenvalue weighted by atomic mass is 19.1. The second-order valence-electron chi connectivity index (χ2n) is 5.30. The van der Waals surface area contributed by atoms with Gasteiger partial charge in [-0.15, -0.1) is 0 Å². The highest BCUT2D eigenvalue weighted by Gasteiger charge is 2.25. The van der Waals surface area contributed by atoms with Crippen molar-refractivity contribution in [1.29, 1.82) is 0 Å². The quantitative estimate of drug-likeness (QED) is 0.846. The van der Waals surface area contributed by atoms with Gasteiger partial charge in [0.2, 0.25) is 0 Å². The Morgan fingerprint density at radius 2 is 2.00 bits per heavy atom. The molecule has 0 spiro atoms. The van der Waals surface area contributed by atoms with E-state index in [-0.39, 0.29) is 0 Å². The maximum Gasteiger partial charge on any atom is 0.129 e. The van der Waals surface area contributed by atoms with Crippen molar-refractivity contribution in [3.63, 3.8) is 0 Å². The summed E-state index contributed by atoms with van der Waals surface area (Å²) < 4.78 is 26.6. The van der Waals surface area contributed by atoms with Crippen molar-refractivity contribution in [2.24, 2.45) is 11.8 Å². The lowest BCUT2D eigenvalue weighted by molar-refractivity contribution is 0.325.